The number of hydrogen-bond acceptors (Lipinski definition) is 4. The van der Waals surface area contributed by atoms with Crippen LogP contribution in [0.1, 0.15) is 32.1 Å². The van der Waals surface area contributed by atoms with Crippen molar-refractivity contribution in [3.05, 3.63) is 0 Å². The van der Waals surface area contributed by atoms with Crippen molar-refractivity contribution in [2.24, 2.45) is 5.41 Å². The van der Waals surface area contributed by atoms with Crippen molar-refractivity contribution in [3.8, 4) is 0 Å². The highest BCUT2D eigenvalue weighted by molar-refractivity contribution is 7.99. The Labute approximate surface area is 109 Å². The molecule has 17 heavy (non-hydrogen) atoms. The first kappa shape index (κ1) is 13.7. The first-order chi connectivity index (χ1) is 8.12. The fourth-order valence-electron chi connectivity index (χ4n) is 3.32. The van der Waals surface area contributed by atoms with E-state index in [4.69, 9.17) is 0 Å². The van der Waals surface area contributed by atoms with Crippen molar-refractivity contribution in [1.29, 1.82) is 0 Å². The summed E-state index contributed by atoms with van der Waals surface area (Å²) in [6.07, 6.45) is 4.64. The van der Waals surface area contributed by atoms with Crippen LogP contribution < -0.4 is 0 Å². The van der Waals surface area contributed by atoms with Crippen molar-refractivity contribution in [2.45, 2.75) is 37.7 Å². The molecule has 1 unspecified atom stereocenters. The zero-order valence-electron chi connectivity index (χ0n) is 10.8. The van der Waals surface area contributed by atoms with Crippen LogP contribution in [0.4, 0.5) is 0 Å². The van der Waals surface area contributed by atoms with Gasteiger partial charge in [0.1, 0.15) is 0 Å². The average Bonchev–Trinajstić information content (AvgIpc) is 2.53. The Kier molecular flexibility index (Phi) is 4.40. The zero-order chi connectivity index (χ0) is 12.4. The lowest BCUT2D eigenvalue weighted by Crippen LogP contribution is -2.53. The van der Waals surface area contributed by atoms with E-state index in [0.717, 1.165) is 56.7 Å². The largest absolute Gasteiger partial charge is 0.396 e. The third kappa shape index (κ3) is 2.65. The molecule has 0 amide bonds. The van der Waals surface area contributed by atoms with Crippen LogP contribution in [0.25, 0.3) is 0 Å². The molecule has 0 radical (unpaired) electrons. The summed E-state index contributed by atoms with van der Waals surface area (Å²) in [6.45, 7) is 2.16. The van der Waals surface area contributed by atoms with Gasteiger partial charge >= 0.3 is 0 Å². The Morgan fingerprint density at radius 1 is 1.12 bits per heavy atom. The van der Waals surface area contributed by atoms with Gasteiger partial charge in [-0.15, -0.1) is 0 Å². The van der Waals surface area contributed by atoms with E-state index in [9.17, 15) is 10.2 Å². The van der Waals surface area contributed by atoms with E-state index in [1.165, 1.54) is 0 Å². The van der Waals surface area contributed by atoms with Crippen LogP contribution in [0, 0.1) is 5.41 Å². The van der Waals surface area contributed by atoms with Crippen LogP contribution in [0.15, 0.2) is 0 Å². The lowest BCUT2D eigenvalue weighted by Gasteiger charge is -2.48. The van der Waals surface area contributed by atoms with Crippen molar-refractivity contribution in [2.75, 3.05) is 38.2 Å². The Hall–Kier alpha value is 0.230. The number of thioether (sulfide) groups is 1. The molecule has 0 aromatic rings. The summed E-state index contributed by atoms with van der Waals surface area (Å²) >= 11 is 1.95. The topological polar surface area (TPSA) is 43.7 Å². The monoisotopic (exact) mass is 259 g/mol. The fraction of sp³-hybridized carbons (Fsp3) is 1.00. The van der Waals surface area contributed by atoms with Crippen LogP contribution in [-0.4, -0.2) is 59.0 Å². The molecule has 0 saturated carbocycles. The normalized spacial score (nSPS) is 35.5. The second-order valence-corrected chi connectivity index (χ2v) is 6.96. The maximum Gasteiger partial charge on any atom is 0.0738 e. The van der Waals surface area contributed by atoms with E-state index in [2.05, 4.69) is 11.9 Å². The molecule has 2 heterocycles. The minimum absolute atomic E-state index is 0.147. The van der Waals surface area contributed by atoms with Gasteiger partial charge in [0.05, 0.1) is 12.2 Å². The zero-order valence-corrected chi connectivity index (χ0v) is 11.6. The number of likely N-dealkylation sites (tertiary alicyclic amines) is 1. The predicted octanol–water partition coefficient (Wildman–Crippen LogP) is 1.34. The summed E-state index contributed by atoms with van der Waals surface area (Å²) in [5.74, 6) is 2.16. The minimum Gasteiger partial charge on any atom is -0.396 e. The average molecular weight is 259 g/mol. The summed E-state index contributed by atoms with van der Waals surface area (Å²) < 4.78 is 0. The van der Waals surface area contributed by atoms with Gasteiger partial charge in [0, 0.05) is 12.0 Å². The molecule has 2 saturated heterocycles. The molecule has 0 spiro atoms. The summed E-state index contributed by atoms with van der Waals surface area (Å²) in [4.78, 5) is 2.29. The van der Waals surface area contributed by atoms with Gasteiger partial charge < -0.3 is 15.1 Å². The first-order valence-corrected chi connectivity index (χ1v) is 7.87. The summed E-state index contributed by atoms with van der Waals surface area (Å²) in [5.41, 5.74) is -0.878. The second-order valence-electron chi connectivity index (χ2n) is 5.74. The third-order valence-electron chi connectivity index (χ3n) is 4.78. The number of aliphatic hydroxyl groups excluding tert-OH is 1. The van der Waals surface area contributed by atoms with Crippen LogP contribution in [0.3, 0.4) is 0 Å². The summed E-state index contributed by atoms with van der Waals surface area (Å²) in [7, 11) is 2.12. The van der Waals surface area contributed by atoms with Crippen LogP contribution in [-0.2, 0) is 0 Å². The Bertz CT molecular complexity index is 256. The van der Waals surface area contributed by atoms with Gasteiger partial charge in [-0.3, -0.25) is 0 Å². The lowest BCUT2D eigenvalue weighted by molar-refractivity contribution is -0.122. The molecule has 4 heteroatoms. The molecule has 1 atom stereocenters. The second kappa shape index (κ2) is 5.47. The van der Waals surface area contributed by atoms with Crippen molar-refractivity contribution in [3.63, 3.8) is 0 Å². The van der Waals surface area contributed by atoms with Crippen LogP contribution in [0.2, 0.25) is 0 Å². The highest BCUT2D eigenvalue weighted by atomic mass is 32.2. The first-order valence-electron chi connectivity index (χ1n) is 6.71. The van der Waals surface area contributed by atoms with Crippen LogP contribution >= 0.6 is 11.8 Å². The minimum atomic E-state index is -0.645. The SMILES string of the molecule is CN1CCCC(O)(C2(CO)CCSCC2)CC1. The highest BCUT2D eigenvalue weighted by Crippen LogP contribution is 2.48. The molecule has 0 aromatic heterocycles. The number of aliphatic hydroxyl groups is 2. The molecule has 100 valence electrons. The van der Waals surface area contributed by atoms with E-state index >= 15 is 0 Å². The quantitative estimate of drug-likeness (QED) is 0.785. The number of hydrogen-bond donors (Lipinski definition) is 2. The molecule has 2 fully saturated rings. The number of rotatable bonds is 2. The fourth-order valence-corrected chi connectivity index (χ4v) is 4.59. The van der Waals surface area contributed by atoms with Crippen LogP contribution in [0.5, 0.6) is 0 Å². The van der Waals surface area contributed by atoms with Crippen molar-refractivity contribution in [1.82, 2.24) is 4.90 Å². The van der Waals surface area contributed by atoms with E-state index in [1.807, 2.05) is 11.8 Å². The van der Waals surface area contributed by atoms with Crippen molar-refractivity contribution >= 4 is 11.8 Å². The number of nitrogens with zero attached hydrogens (tertiary/aromatic N) is 1. The Balaban J connectivity index is 2.15. The molecule has 0 aromatic carbocycles. The van der Waals surface area contributed by atoms with E-state index in [1.54, 1.807) is 0 Å². The smallest absolute Gasteiger partial charge is 0.0738 e. The van der Waals surface area contributed by atoms with Gasteiger partial charge in [-0.2, -0.15) is 11.8 Å². The lowest BCUT2D eigenvalue weighted by atomic mass is 9.65. The van der Waals surface area contributed by atoms with E-state index in [-0.39, 0.29) is 12.0 Å². The Morgan fingerprint density at radius 2 is 1.82 bits per heavy atom. The Morgan fingerprint density at radius 3 is 2.47 bits per heavy atom. The molecule has 0 aliphatic carbocycles. The molecular formula is C13H25NO2S. The van der Waals surface area contributed by atoms with Gasteiger partial charge in [-0.1, -0.05) is 0 Å². The molecular weight excluding hydrogens is 234 g/mol. The standard InChI is InChI=1S/C13H25NO2S/c1-14-7-2-3-13(16,4-8-14)12(11-15)5-9-17-10-6-12/h15-16H,2-11H2,1H3. The molecule has 2 aliphatic rings. The summed E-state index contributed by atoms with van der Waals surface area (Å²) in [6, 6.07) is 0. The maximum absolute atomic E-state index is 11.0. The van der Waals surface area contributed by atoms with Gasteiger partial charge in [0.15, 0.2) is 0 Å². The van der Waals surface area contributed by atoms with Crippen molar-refractivity contribution < 1.29 is 10.2 Å². The molecule has 2 aliphatic heterocycles. The predicted molar refractivity (Wildman–Crippen MR) is 72.4 cm³/mol. The highest BCUT2D eigenvalue weighted by Gasteiger charge is 2.50. The molecule has 3 nitrogen and oxygen atoms in total. The van der Waals surface area contributed by atoms with E-state index < -0.39 is 5.60 Å². The van der Waals surface area contributed by atoms with Gasteiger partial charge in [0.2, 0.25) is 0 Å². The van der Waals surface area contributed by atoms with Gasteiger partial charge in [-0.25, -0.2) is 0 Å². The van der Waals surface area contributed by atoms with Gasteiger partial charge in [-0.05, 0) is 57.2 Å². The maximum atomic E-state index is 11.0. The van der Waals surface area contributed by atoms with E-state index in [0.29, 0.717) is 0 Å². The third-order valence-corrected chi connectivity index (χ3v) is 5.76. The van der Waals surface area contributed by atoms with Gasteiger partial charge in [0.25, 0.3) is 0 Å². The molecule has 2 N–H and O–H groups in total. The molecule has 0 bridgehead atoms. The summed E-state index contributed by atoms with van der Waals surface area (Å²) in [5, 5.41) is 20.9. The molecule has 2 rings (SSSR count).